The van der Waals surface area contributed by atoms with Gasteiger partial charge in [-0.25, -0.2) is 9.66 Å². The van der Waals surface area contributed by atoms with E-state index in [4.69, 9.17) is 4.74 Å². The summed E-state index contributed by atoms with van der Waals surface area (Å²) in [5.74, 6) is -0.475. The van der Waals surface area contributed by atoms with E-state index in [1.54, 1.807) is 36.3 Å². The molecule has 3 heterocycles. The number of aromatic nitrogens is 2. The van der Waals surface area contributed by atoms with Gasteiger partial charge in [0, 0.05) is 29.6 Å². The smallest absolute Gasteiger partial charge is 0.281 e. The second-order valence-electron chi connectivity index (χ2n) is 6.97. The summed E-state index contributed by atoms with van der Waals surface area (Å²) < 4.78 is 6.30. The van der Waals surface area contributed by atoms with Crippen molar-refractivity contribution in [2.45, 2.75) is 20.3 Å². The number of fused-ring (bicyclic) bond motifs is 1. The molecule has 0 spiro atoms. The van der Waals surface area contributed by atoms with Gasteiger partial charge in [0.1, 0.15) is 16.9 Å². The van der Waals surface area contributed by atoms with Gasteiger partial charge in [0.25, 0.3) is 5.56 Å². The lowest BCUT2D eigenvalue weighted by Crippen LogP contribution is -2.37. The van der Waals surface area contributed by atoms with E-state index < -0.39 is 11.8 Å². The van der Waals surface area contributed by atoms with Crippen molar-refractivity contribution < 1.29 is 14.3 Å². The summed E-state index contributed by atoms with van der Waals surface area (Å²) in [5.41, 5.74) is 3.82. The molecule has 2 amide bonds. The Hall–Kier alpha value is -3.20. The summed E-state index contributed by atoms with van der Waals surface area (Å²) in [6.07, 6.45) is 1.39. The molecule has 0 aliphatic carbocycles. The largest absolute Gasteiger partial charge is 0.497 e. The molecule has 1 saturated heterocycles. The Balaban J connectivity index is 1.54. The minimum absolute atomic E-state index is 0.0735. The van der Waals surface area contributed by atoms with Gasteiger partial charge in [0.05, 0.1) is 18.4 Å². The van der Waals surface area contributed by atoms with Crippen LogP contribution in [0.25, 0.3) is 10.2 Å². The van der Waals surface area contributed by atoms with Crippen LogP contribution in [0, 0.1) is 19.8 Å². The number of carbonyl (C=O) groups is 2. The SMILES string of the molecule is COc1cccc(N2C[C@@H](C(=O)Nn3cnc4sc(C)c(C)c4c3=O)CC2=O)c1. The number of hydrogen-bond donors (Lipinski definition) is 1. The van der Waals surface area contributed by atoms with E-state index in [0.29, 0.717) is 21.7 Å². The van der Waals surface area contributed by atoms with E-state index in [9.17, 15) is 14.4 Å². The third kappa shape index (κ3) is 3.38. The molecule has 0 saturated carbocycles. The normalized spacial score (nSPS) is 16.4. The Morgan fingerprint density at radius 2 is 2.10 bits per heavy atom. The number of ether oxygens (including phenoxy) is 1. The van der Waals surface area contributed by atoms with E-state index in [1.165, 1.54) is 17.7 Å². The molecule has 8 nitrogen and oxygen atoms in total. The monoisotopic (exact) mass is 412 g/mol. The van der Waals surface area contributed by atoms with Crippen LogP contribution in [0.5, 0.6) is 5.75 Å². The van der Waals surface area contributed by atoms with Crippen LogP contribution in [-0.2, 0) is 9.59 Å². The first-order valence-electron chi connectivity index (χ1n) is 9.11. The maximum Gasteiger partial charge on any atom is 0.281 e. The minimum atomic E-state index is -0.568. The Morgan fingerprint density at radius 3 is 2.86 bits per heavy atom. The summed E-state index contributed by atoms with van der Waals surface area (Å²) in [6.45, 7) is 4.03. The molecular weight excluding hydrogens is 392 g/mol. The van der Waals surface area contributed by atoms with Gasteiger partial charge in [-0.3, -0.25) is 19.8 Å². The van der Waals surface area contributed by atoms with Crippen LogP contribution < -0.4 is 20.6 Å². The van der Waals surface area contributed by atoms with Gasteiger partial charge in [0.15, 0.2) is 0 Å². The molecule has 1 aromatic carbocycles. The predicted molar refractivity (Wildman–Crippen MR) is 111 cm³/mol. The number of carbonyl (C=O) groups excluding carboxylic acids is 2. The Bertz CT molecular complexity index is 1180. The highest BCUT2D eigenvalue weighted by Crippen LogP contribution is 2.28. The molecular formula is C20H20N4O4S. The van der Waals surface area contributed by atoms with Crippen molar-refractivity contribution >= 4 is 39.1 Å². The van der Waals surface area contributed by atoms with Crippen molar-refractivity contribution in [2.24, 2.45) is 5.92 Å². The number of anilines is 1. The van der Waals surface area contributed by atoms with Crippen molar-refractivity contribution in [2.75, 3.05) is 24.0 Å². The summed E-state index contributed by atoms with van der Waals surface area (Å²) in [6, 6.07) is 7.13. The van der Waals surface area contributed by atoms with Crippen molar-refractivity contribution in [3.05, 3.63) is 51.4 Å². The van der Waals surface area contributed by atoms with Crippen LogP contribution in [-0.4, -0.2) is 35.1 Å². The number of nitrogens with one attached hydrogen (secondary N) is 1. The van der Waals surface area contributed by atoms with Crippen LogP contribution in [0.4, 0.5) is 5.69 Å². The van der Waals surface area contributed by atoms with Crippen molar-refractivity contribution in [3.63, 3.8) is 0 Å². The van der Waals surface area contributed by atoms with E-state index in [-0.39, 0.29) is 24.4 Å². The number of benzene rings is 1. The van der Waals surface area contributed by atoms with Crippen molar-refractivity contribution in [1.82, 2.24) is 9.66 Å². The molecule has 1 fully saturated rings. The van der Waals surface area contributed by atoms with Crippen molar-refractivity contribution in [3.8, 4) is 5.75 Å². The number of aryl methyl sites for hydroxylation is 2. The first kappa shape index (κ1) is 19.1. The Kier molecular flexibility index (Phi) is 4.83. The van der Waals surface area contributed by atoms with Gasteiger partial charge >= 0.3 is 0 Å². The van der Waals surface area contributed by atoms with Gasteiger partial charge in [-0.2, -0.15) is 0 Å². The number of hydrogen-bond acceptors (Lipinski definition) is 6. The highest BCUT2D eigenvalue weighted by atomic mass is 32.1. The third-order valence-electron chi connectivity index (χ3n) is 5.18. The Morgan fingerprint density at radius 1 is 1.31 bits per heavy atom. The first-order chi connectivity index (χ1) is 13.9. The first-order valence-corrected chi connectivity index (χ1v) is 9.93. The zero-order valence-electron chi connectivity index (χ0n) is 16.3. The standard InChI is InChI=1S/C20H20N4O4S/c1-11-12(2)29-19-17(11)20(27)24(10-21-19)22-18(26)13-7-16(25)23(9-13)14-5-4-6-15(8-14)28-3/h4-6,8,10,13H,7,9H2,1-3H3,(H,22,26)/t13-/m0/s1. The fourth-order valence-corrected chi connectivity index (χ4v) is 4.42. The van der Waals surface area contributed by atoms with Crippen molar-refractivity contribution in [1.29, 1.82) is 0 Å². The summed E-state index contributed by atoms with van der Waals surface area (Å²) in [7, 11) is 1.56. The molecule has 9 heteroatoms. The van der Waals surface area contributed by atoms with Gasteiger partial charge in [-0.05, 0) is 31.5 Å². The lowest BCUT2D eigenvalue weighted by Gasteiger charge is -2.17. The maximum atomic E-state index is 12.8. The van der Waals surface area contributed by atoms with Gasteiger partial charge in [-0.1, -0.05) is 6.07 Å². The minimum Gasteiger partial charge on any atom is -0.497 e. The molecule has 0 bridgehead atoms. The zero-order chi connectivity index (χ0) is 20.7. The molecule has 150 valence electrons. The molecule has 2 aromatic heterocycles. The van der Waals surface area contributed by atoms with Crippen LogP contribution in [0.2, 0.25) is 0 Å². The molecule has 1 aliphatic heterocycles. The van der Waals surface area contributed by atoms with Gasteiger partial charge in [0.2, 0.25) is 11.8 Å². The van der Waals surface area contributed by atoms with Crippen LogP contribution in [0.3, 0.4) is 0 Å². The van der Waals surface area contributed by atoms with E-state index in [2.05, 4.69) is 10.4 Å². The lowest BCUT2D eigenvalue weighted by atomic mass is 10.1. The number of nitrogens with zero attached hydrogens (tertiary/aromatic N) is 3. The molecule has 0 radical (unpaired) electrons. The van der Waals surface area contributed by atoms with Gasteiger partial charge < -0.3 is 9.64 Å². The molecule has 1 aliphatic rings. The number of methoxy groups -OCH3 is 1. The van der Waals surface area contributed by atoms with Gasteiger partial charge in [-0.15, -0.1) is 11.3 Å². The second-order valence-corrected chi connectivity index (χ2v) is 8.17. The molecule has 3 aromatic rings. The highest BCUT2D eigenvalue weighted by Gasteiger charge is 2.35. The Labute approximate surface area is 170 Å². The molecule has 1 atom stereocenters. The number of amides is 2. The van der Waals surface area contributed by atoms with E-state index in [1.807, 2.05) is 13.8 Å². The summed E-state index contributed by atoms with van der Waals surface area (Å²) >= 11 is 1.45. The lowest BCUT2D eigenvalue weighted by molar-refractivity contribution is -0.123. The van der Waals surface area contributed by atoms with Crippen LogP contribution in [0.1, 0.15) is 16.9 Å². The molecule has 0 unspecified atom stereocenters. The summed E-state index contributed by atoms with van der Waals surface area (Å²) in [4.78, 5) is 45.5. The quantitative estimate of drug-likeness (QED) is 0.709. The predicted octanol–water partition coefficient (Wildman–Crippen LogP) is 2.21. The molecule has 1 N–H and O–H groups in total. The topological polar surface area (TPSA) is 93.5 Å². The van der Waals surface area contributed by atoms with Crippen LogP contribution >= 0.6 is 11.3 Å². The van der Waals surface area contributed by atoms with Crippen LogP contribution in [0.15, 0.2) is 35.4 Å². The zero-order valence-corrected chi connectivity index (χ0v) is 17.1. The highest BCUT2D eigenvalue weighted by molar-refractivity contribution is 7.18. The number of thiophene rings is 1. The maximum absolute atomic E-state index is 12.8. The fraction of sp³-hybridized carbons (Fsp3) is 0.300. The summed E-state index contributed by atoms with van der Waals surface area (Å²) in [5, 5.41) is 0.510. The van der Waals surface area contributed by atoms with E-state index >= 15 is 0 Å². The third-order valence-corrected chi connectivity index (χ3v) is 6.30. The van der Waals surface area contributed by atoms with E-state index in [0.717, 1.165) is 15.1 Å². The molecule has 4 rings (SSSR count). The molecule has 29 heavy (non-hydrogen) atoms. The second kappa shape index (κ2) is 7.32. The fourth-order valence-electron chi connectivity index (χ4n) is 3.44. The average molecular weight is 412 g/mol. The average Bonchev–Trinajstić information content (AvgIpc) is 3.24. The number of rotatable bonds is 4.